The molecule has 8 heteroatoms. The summed E-state index contributed by atoms with van der Waals surface area (Å²) in [5, 5.41) is 16.6. The van der Waals surface area contributed by atoms with Crippen molar-refractivity contribution in [2.45, 2.75) is 19.3 Å². The van der Waals surface area contributed by atoms with E-state index in [1.807, 2.05) is 30.3 Å². The highest BCUT2D eigenvalue weighted by Crippen LogP contribution is 2.46. The lowest BCUT2D eigenvalue weighted by Crippen LogP contribution is -2.16. The van der Waals surface area contributed by atoms with Crippen LogP contribution in [0, 0.1) is 11.9 Å². The Hall–Kier alpha value is -3.48. The van der Waals surface area contributed by atoms with Gasteiger partial charge in [-0.05, 0) is 70.9 Å². The van der Waals surface area contributed by atoms with Crippen molar-refractivity contribution >= 4 is 57.3 Å². The van der Waals surface area contributed by atoms with Crippen LogP contribution in [0.15, 0.2) is 60.8 Å². The fraction of sp³-hybridized carbons (Fsp3) is 0.148. The van der Waals surface area contributed by atoms with E-state index in [0.29, 0.717) is 26.6 Å². The fourth-order valence-corrected chi connectivity index (χ4v) is 4.85. The number of aliphatic carboxylic acids is 1. The van der Waals surface area contributed by atoms with Crippen LogP contribution < -0.4 is 0 Å². The smallest absolute Gasteiger partial charge is 0.328 e. The number of rotatable bonds is 6. The minimum atomic E-state index is -1.01. The maximum absolute atomic E-state index is 14.4. The van der Waals surface area contributed by atoms with E-state index in [-0.39, 0.29) is 5.92 Å². The fourth-order valence-electron chi connectivity index (χ4n) is 4.37. The third kappa shape index (κ3) is 4.72. The highest BCUT2D eigenvalue weighted by Gasteiger charge is 2.29. The van der Waals surface area contributed by atoms with E-state index < -0.39 is 11.9 Å². The Labute approximate surface area is 210 Å². The molecule has 5 nitrogen and oxygen atoms in total. The van der Waals surface area contributed by atoms with Crippen molar-refractivity contribution in [1.29, 1.82) is 0 Å². The van der Waals surface area contributed by atoms with Crippen LogP contribution in [-0.2, 0) is 4.79 Å². The first-order chi connectivity index (χ1) is 16.9. The van der Waals surface area contributed by atoms with Gasteiger partial charge in [-0.1, -0.05) is 60.0 Å². The molecule has 2 aromatic heterocycles. The molecule has 0 amide bonds. The number of aromatic nitrogens is 3. The number of allylic oxidation sites excluding steroid dienone is 1. The maximum atomic E-state index is 14.4. The summed E-state index contributed by atoms with van der Waals surface area (Å²) in [6.07, 6.45) is 7.28. The van der Waals surface area contributed by atoms with E-state index in [4.69, 9.17) is 28.3 Å². The third-order valence-electron chi connectivity index (χ3n) is 6.27. The van der Waals surface area contributed by atoms with E-state index in [0.717, 1.165) is 53.2 Å². The number of carbonyl (C=O) groups is 1. The number of nitrogens with zero attached hydrogens (tertiary/aromatic N) is 2. The summed E-state index contributed by atoms with van der Waals surface area (Å²) in [6.45, 7) is 0. The molecule has 2 heterocycles. The molecule has 0 unspecified atom stereocenters. The summed E-state index contributed by atoms with van der Waals surface area (Å²) in [7, 11) is 0. The van der Waals surface area contributed by atoms with Gasteiger partial charge in [0.15, 0.2) is 0 Å². The molecule has 1 aliphatic carbocycles. The van der Waals surface area contributed by atoms with Crippen molar-refractivity contribution in [2.75, 3.05) is 0 Å². The second kappa shape index (κ2) is 9.64. The Kier molecular flexibility index (Phi) is 6.41. The third-order valence-corrected chi connectivity index (χ3v) is 6.76. The normalized spacial score (nSPS) is 14.8. The van der Waals surface area contributed by atoms with Crippen LogP contribution in [0.25, 0.3) is 28.1 Å². The Balaban J connectivity index is 1.76. The molecule has 1 aliphatic rings. The molecular formula is C27H20Cl2FN3O2. The first-order valence-electron chi connectivity index (χ1n) is 11.1. The summed E-state index contributed by atoms with van der Waals surface area (Å²) in [5.74, 6) is -1.35. The Morgan fingerprint density at radius 2 is 1.83 bits per heavy atom. The van der Waals surface area contributed by atoms with E-state index in [1.54, 1.807) is 24.4 Å². The van der Waals surface area contributed by atoms with E-state index in [9.17, 15) is 9.18 Å². The SMILES string of the molecule is O=C(O)/C=C/c1ccc(/C(=C(\c2ncc(Cl)cc2Cl)C2CCC2)c2ccc3[nH]nc(F)c3c2)cc1. The standard InChI is InChI=1S/C27H20Cl2FN3O2/c28-19-13-21(29)26(31-14-19)25(16-2-1-3-16)24(17-7-4-15(5-8-17)6-11-23(34)35)18-9-10-22-20(12-18)27(30)33-32-22/h4-14,16H,1-3H2,(H,32,33)(H,34,35)/b11-6+,25-24+. The van der Waals surface area contributed by atoms with Gasteiger partial charge in [-0.2, -0.15) is 4.39 Å². The molecule has 176 valence electrons. The first-order valence-corrected chi connectivity index (χ1v) is 11.9. The van der Waals surface area contributed by atoms with Gasteiger partial charge in [-0.25, -0.2) is 4.79 Å². The summed E-state index contributed by atoms with van der Waals surface area (Å²) >= 11 is 12.8. The average molecular weight is 508 g/mol. The van der Waals surface area contributed by atoms with Crippen LogP contribution in [0.1, 0.15) is 41.6 Å². The summed E-state index contributed by atoms with van der Waals surface area (Å²) in [5.41, 5.74) is 5.57. The lowest BCUT2D eigenvalue weighted by molar-refractivity contribution is -0.131. The molecule has 2 N–H and O–H groups in total. The van der Waals surface area contributed by atoms with Crippen molar-refractivity contribution in [3.05, 3.63) is 99.2 Å². The van der Waals surface area contributed by atoms with Gasteiger partial charge < -0.3 is 5.11 Å². The van der Waals surface area contributed by atoms with Gasteiger partial charge in [0.05, 0.1) is 26.6 Å². The van der Waals surface area contributed by atoms with Crippen LogP contribution in [-0.4, -0.2) is 26.3 Å². The molecule has 2 aromatic carbocycles. The predicted molar refractivity (Wildman–Crippen MR) is 137 cm³/mol. The number of hydrogen-bond acceptors (Lipinski definition) is 3. The number of benzene rings is 2. The monoisotopic (exact) mass is 507 g/mol. The summed E-state index contributed by atoms with van der Waals surface area (Å²) in [6, 6.07) is 14.7. The van der Waals surface area contributed by atoms with E-state index in [2.05, 4.69) is 15.2 Å². The molecule has 0 bridgehead atoms. The van der Waals surface area contributed by atoms with Gasteiger partial charge >= 0.3 is 5.97 Å². The molecule has 0 saturated heterocycles. The first kappa shape index (κ1) is 23.3. The van der Waals surface area contributed by atoms with Crippen LogP contribution in [0.5, 0.6) is 0 Å². The van der Waals surface area contributed by atoms with Crippen molar-refractivity contribution in [3.63, 3.8) is 0 Å². The molecule has 0 aliphatic heterocycles. The molecule has 1 saturated carbocycles. The van der Waals surface area contributed by atoms with Crippen molar-refractivity contribution in [2.24, 2.45) is 5.92 Å². The molecule has 0 atom stereocenters. The number of pyridine rings is 1. The zero-order valence-electron chi connectivity index (χ0n) is 18.4. The summed E-state index contributed by atoms with van der Waals surface area (Å²) < 4.78 is 14.4. The quantitative estimate of drug-likeness (QED) is 0.269. The van der Waals surface area contributed by atoms with Gasteiger partial charge in [0.1, 0.15) is 0 Å². The van der Waals surface area contributed by atoms with Crippen molar-refractivity contribution in [1.82, 2.24) is 15.2 Å². The van der Waals surface area contributed by atoms with Crippen molar-refractivity contribution in [3.8, 4) is 0 Å². The van der Waals surface area contributed by atoms with Gasteiger partial charge in [-0.3, -0.25) is 10.1 Å². The number of carboxylic acids is 1. The number of hydrogen-bond donors (Lipinski definition) is 2. The molecule has 4 aromatic rings. The number of nitrogens with one attached hydrogen (secondary N) is 1. The largest absolute Gasteiger partial charge is 0.478 e. The Bertz CT molecular complexity index is 1490. The van der Waals surface area contributed by atoms with Gasteiger partial charge in [-0.15, -0.1) is 5.10 Å². The molecule has 1 fully saturated rings. The minimum Gasteiger partial charge on any atom is -0.478 e. The second-order valence-electron chi connectivity index (χ2n) is 8.47. The van der Waals surface area contributed by atoms with Crippen LogP contribution in [0.3, 0.4) is 0 Å². The molecule has 0 spiro atoms. The number of H-pyrrole nitrogens is 1. The van der Waals surface area contributed by atoms with Crippen LogP contribution in [0.4, 0.5) is 4.39 Å². The number of fused-ring (bicyclic) bond motifs is 1. The maximum Gasteiger partial charge on any atom is 0.328 e. The highest BCUT2D eigenvalue weighted by atomic mass is 35.5. The molecule has 0 radical (unpaired) electrons. The molecule has 35 heavy (non-hydrogen) atoms. The Morgan fingerprint density at radius 1 is 1.09 bits per heavy atom. The molecule has 5 rings (SSSR count). The highest BCUT2D eigenvalue weighted by molar-refractivity contribution is 6.35. The second-order valence-corrected chi connectivity index (χ2v) is 9.31. The number of halogens is 3. The minimum absolute atomic E-state index is 0.229. The van der Waals surface area contributed by atoms with E-state index >= 15 is 0 Å². The van der Waals surface area contributed by atoms with E-state index in [1.165, 1.54) is 6.08 Å². The topological polar surface area (TPSA) is 78.9 Å². The number of carboxylic acid groups (broad SMARTS) is 1. The zero-order chi connectivity index (χ0) is 24.5. The van der Waals surface area contributed by atoms with Gasteiger partial charge in [0.25, 0.3) is 0 Å². The van der Waals surface area contributed by atoms with Crippen molar-refractivity contribution < 1.29 is 14.3 Å². The summed E-state index contributed by atoms with van der Waals surface area (Å²) in [4.78, 5) is 15.5. The van der Waals surface area contributed by atoms with Crippen LogP contribution >= 0.6 is 23.2 Å². The lowest BCUT2D eigenvalue weighted by atomic mass is 9.74. The Morgan fingerprint density at radius 3 is 2.49 bits per heavy atom. The predicted octanol–water partition coefficient (Wildman–Crippen LogP) is 7.26. The lowest BCUT2D eigenvalue weighted by Gasteiger charge is -2.31. The number of aromatic amines is 1. The van der Waals surface area contributed by atoms with Crippen LogP contribution in [0.2, 0.25) is 10.0 Å². The van der Waals surface area contributed by atoms with Gasteiger partial charge in [0.2, 0.25) is 5.95 Å². The average Bonchev–Trinajstić information content (AvgIpc) is 3.17. The van der Waals surface area contributed by atoms with Gasteiger partial charge in [0, 0.05) is 12.3 Å². The molecular weight excluding hydrogens is 488 g/mol. The zero-order valence-corrected chi connectivity index (χ0v) is 19.9.